The number of nitrogens with zero attached hydrogens (tertiary/aromatic N) is 1. The van der Waals surface area contributed by atoms with E-state index < -0.39 is 5.60 Å². The molecule has 0 saturated heterocycles. The SMILES string of the molecule is CNCC(O)(c1ccc(I)cc1)c1ccc(-c2cn[nH]c2)cc1. The smallest absolute Gasteiger partial charge is 0.127 e. The van der Waals surface area contributed by atoms with E-state index in [-0.39, 0.29) is 0 Å². The van der Waals surface area contributed by atoms with Crippen LogP contribution >= 0.6 is 22.6 Å². The lowest BCUT2D eigenvalue weighted by molar-refractivity contribution is 0.0823. The Balaban J connectivity index is 1.99. The van der Waals surface area contributed by atoms with Crippen LogP contribution in [-0.4, -0.2) is 28.9 Å². The first-order chi connectivity index (χ1) is 11.1. The molecule has 0 aliphatic rings. The number of hydrogen-bond acceptors (Lipinski definition) is 3. The summed E-state index contributed by atoms with van der Waals surface area (Å²) in [5.74, 6) is 0. The van der Waals surface area contributed by atoms with E-state index in [0.29, 0.717) is 6.54 Å². The van der Waals surface area contributed by atoms with Crippen molar-refractivity contribution in [1.82, 2.24) is 15.5 Å². The van der Waals surface area contributed by atoms with Crippen molar-refractivity contribution >= 4 is 22.6 Å². The van der Waals surface area contributed by atoms with E-state index in [1.54, 1.807) is 6.20 Å². The molecule has 1 aromatic heterocycles. The van der Waals surface area contributed by atoms with Crippen LogP contribution in [0.4, 0.5) is 0 Å². The summed E-state index contributed by atoms with van der Waals surface area (Å²) >= 11 is 2.26. The van der Waals surface area contributed by atoms with Crippen LogP contribution in [0.1, 0.15) is 11.1 Å². The maximum Gasteiger partial charge on any atom is 0.127 e. The van der Waals surface area contributed by atoms with E-state index >= 15 is 0 Å². The van der Waals surface area contributed by atoms with E-state index in [1.807, 2.05) is 61.8 Å². The Morgan fingerprint density at radius 3 is 2.17 bits per heavy atom. The van der Waals surface area contributed by atoms with Gasteiger partial charge in [0.05, 0.1) is 6.20 Å². The molecule has 0 aliphatic heterocycles. The van der Waals surface area contributed by atoms with Crippen molar-refractivity contribution < 1.29 is 5.11 Å². The Morgan fingerprint density at radius 2 is 1.65 bits per heavy atom. The van der Waals surface area contributed by atoms with Crippen LogP contribution in [0.25, 0.3) is 11.1 Å². The fraction of sp³-hybridized carbons (Fsp3) is 0.167. The molecule has 0 spiro atoms. The van der Waals surface area contributed by atoms with Crippen LogP contribution in [0.15, 0.2) is 60.9 Å². The number of halogens is 1. The van der Waals surface area contributed by atoms with Crippen molar-refractivity contribution in [2.75, 3.05) is 13.6 Å². The molecule has 5 heteroatoms. The van der Waals surface area contributed by atoms with Gasteiger partial charge >= 0.3 is 0 Å². The molecule has 0 amide bonds. The second-order valence-electron chi connectivity index (χ2n) is 5.46. The molecular formula is C18H18IN3O. The van der Waals surface area contributed by atoms with E-state index in [4.69, 9.17) is 0 Å². The van der Waals surface area contributed by atoms with Crippen molar-refractivity contribution in [3.05, 3.63) is 75.6 Å². The quantitative estimate of drug-likeness (QED) is 0.557. The standard InChI is InChI=1S/C18H18IN3O/c1-20-12-18(23,16-6-8-17(19)9-7-16)15-4-2-13(3-5-15)14-10-21-22-11-14/h2-11,20,23H,12H2,1H3,(H,21,22). The number of aromatic nitrogens is 2. The van der Waals surface area contributed by atoms with Gasteiger partial charge in [0.25, 0.3) is 0 Å². The third kappa shape index (κ3) is 3.31. The minimum Gasteiger partial charge on any atom is -0.379 e. The monoisotopic (exact) mass is 419 g/mol. The molecule has 118 valence electrons. The molecule has 0 fully saturated rings. The van der Waals surface area contributed by atoms with Gasteiger partial charge < -0.3 is 10.4 Å². The molecular weight excluding hydrogens is 401 g/mol. The van der Waals surface area contributed by atoms with Crippen LogP contribution in [-0.2, 0) is 5.60 Å². The van der Waals surface area contributed by atoms with Crippen molar-refractivity contribution in [3.63, 3.8) is 0 Å². The van der Waals surface area contributed by atoms with Crippen molar-refractivity contribution in [3.8, 4) is 11.1 Å². The summed E-state index contributed by atoms with van der Waals surface area (Å²) in [6.45, 7) is 0.443. The highest BCUT2D eigenvalue weighted by Crippen LogP contribution is 2.31. The number of likely N-dealkylation sites (N-methyl/N-ethyl adjacent to an activating group) is 1. The van der Waals surface area contributed by atoms with Gasteiger partial charge in [-0.3, -0.25) is 5.10 Å². The Hall–Kier alpha value is -1.70. The first-order valence-corrected chi connectivity index (χ1v) is 8.44. The lowest BCUT2D eigenvalue weighted by atomic mass is 9.85. The molecule has 1 atom stereocenters. The zero-order valence-electron chi connectivity index (χ0n) is 12.8. The van der Waals surface area contributed by atoms with Crippen molar-refractivity contribution in [2.45, 2.75) is 5.60 Å². The predicted molar refractivity (Wildman–Crippen MR) is 100 cm³/mol. The minimum absolute atomic E-state index is 0.443. The van der Waals surface area contributed by atoms with E-state index in [1.165, 1.54) is 0 Å². The number of aromatic amines is 1. The van der Waals surface area contributed by atoms with Crippen LogP contribution in [0, 0.1) is 3.57 Å². The number of aliphatic hydroxyl groups is 1. The number of benzene rings is 2. The molecule has 3 N–H and O–H groups in total. The van der Waals surface area contributed by atoms with Gasteiger partial charge in [0, 0.05) is 21.9 Å². The summed E-state index contributed by atoms with van der Waals surface area (Å²) in [5.41, 5.74) is 2.78. The van der Waals surface area contributed by atoms with Gasteiger partial charge in [-0.15, -0.1) is 0 Å². The predicted octanol–water partition coefficient (Wildman–Crippen LogP) is 3.14. The second-order valence-corrected chi connectivity index (χ2v) is 6.71. The fourth-order valence-electron chi connectivity index (χ4n) is 2.70. The molecule has 3 aromatic rings. The lowest BCUT2D eigenvalue weighted by Gasteiger charge is -2.29. The molecule has 0 aliphatic carbocycles. The van der Waals surface area contributed by atoms with Gasteiger partial charge in [-0.25, -0.2) is 0 Å². The van der Waals surface area contributed by atoms with Gasteiger partial charge in [0.15, 0.2) is 0 Å². The molecule has 23 heavy (non-hydrogen) atoms. The topological polar surface area (TPSA) is 60.9 Å². The summed E-state index contributed by atoms with van der Waals surface area (Å²) in [5, 5.41) is 21.2. The Bertz CT molecular complexity index is 754. The van der Waals surface area contributed by atoms with E-state index in [9.17, 15) is 5.11 Å². The van der Waals surface area contributed by atoms with Crippen molar-refractivity contribution in [1.29, 1.82) is 0 Å². The summed E-state index contributed by atoms with van der Waals surface area (Å²) in [6, 6.07) is 15.9. The molecule has 1 unspecified atom stereocenters. The highest BCUT2D eigenvalue weighted by molar-refractivity contribution is 14.1. The average molecular weight is 419 g/mol. The first-order valence-electron chi connectivity index (χ1n) is 7.36. The highest BCUT2D eigenvalue weighted by atomic mass is 127. The zero-order chi connectivity index (χ0) is 16.3. The summed E-state index contributed by atoms with van der Waals surface area (Å²) in [7, 11) is 1.84. The Labute approximate surface area is 149 Å². The largest absolute Gasteiger partial charge is 0.379 e. The summed E-state index contributed by atoms with van der Waals surface area (Å²) in [4.78, 5) is 0. The average Bonchev–Trinajstić information content (AvgIpc) is 3.10. The van der Waals surface area contributed by atoms with Gasteiger partial charge in [0.1, 0.15) is 5.60 Å². The number of nitrogens with one attached hydrogen (secondary N) is 2. The summed E-state index contributed by atoms with van der Waals surface area (Å²) in [6.07, 6.45) is 3.64. The maximum atomic E-state index is 11.3. The van der Waals surface area contributed by atoms with E-state index in [2.05, 4.69) is 38.1 Å². The minimum atomic E-state index is -1.06. The van der Waals surface area contributed by atoms with Crippen LogP contribution in [0.2, 0.25) is 0 Å². The molecule has 0 saturated carbocycles. The van der Waals surface area contributed by atoms with Crippen LogP contribution in [0.3, 0.4) is 0 Å². The zero-order valence-corrected chi connectivity index (χ0v) is 14.9. The fourth-order valence-corrected chi connectivity index (χ4v) is 3.06. The van der Waals surface area contributed by atoms with Crippen LogP contribution in [0.5, 0.6) is 0 Å². The Morgan fingerprint density at radius 1 is 1.04 bits per heavy atom. The highest BCUT2D eigenvalue weighted by Gasteiger charge is 2.30. The molecule has 1 heterocycles. The second kappa shape index (κ2) is 6.82. The summed E-state index contributed by atoms with van der Waals surface area (Å²) < 4.78 is 1.15. The van der Waals surface area contributed by atoms with E-state index in [0.717, 1.165) is 25.8 Å². The third-order valence-electron chi connectivity index (χ3n) is 3.95. The molecule has 3 rings (SSSR count). The number of rotatable bonds is 5. The normalized spacial score (nSPS) is 13.7. The van der Waals surface area contributed by atoms with Gasteiger partial charge in [-0.2, -0.15) is 5.10 Å². The van der Waals surface area contributed by atoms with Crippen molar-refractivity contribution in [2.24, 2.45) is 0 Å². The van der Waals surface area contributed by atoms with Gasteiger partial charge in [-0.05, 0) is 58.5 Å². The van der Waals surface area contributed by atoms with Crippen LogP contribution < -0.4 is 5.32 Å². The molecule has 2 aromatic carbocycles. The molecule has 4 nitrogen and oxygen atoms in total. The lowest BCUT2D eigenvalue weighted by Crippen LogP contribution is -2.37. The number of hydrogen-bond donors (Lipinski definition) is 3. The van der Waals surface area contributed by atoms with Gasteiger partial charge in [-0.1, -0.05) is 36.4 Å². The first kappa shape index (κ1) is 16.2. The third-order valence-corrected chi connectivity index (χ3v) is 4.67. The van der Waals surface area contributed by atoms with Gasteiger partial charge in [0.2, 0.25) is 0 Å². The number of H-pyrrole nitrogens is 1. The molecule has 0 radical (unpaired) electrons. The molecule has 0 bridgehead atoms. The Kier molecular flexibility index (Phi) is 4.79. The maximum absolute atomic E-state index is 11.3.